The second kappa shape index (κ2) is 10.3. The van der Waals surface area contributed by atoms with Crippen molar-refractivity contribution < 1.29 is 9.90 Å². The molecule has 1 aromatic carbocycles. The van der Waals surface area contributed by atoms with Crippen LogP contribution in [0.1, 0.15) is 44.3 Å². The highest BCUT2D eigenvalue weighted by Crippen LogP contribution is 2.39. The van der Waals surface area contributed by atoms with E-state index in [2.05, 4.69) is 15.6 Å². The van der Waals surface area contributed by atoms with Gasteiger partial charge in [-0.3, -0.25) is 9.79 Å². The van der Waals surface area contributed by atoms with Gasteiger partial charge in [0.25, 0.3) is 0 Å². The van der Waals surface area contributed by atoms with Crippen LogP contribution in [0.25, 0.3) is 0 Å². The smallest absolute Gasteiger partial charge is 0.230 e. The van der Waals surface area contributed by atoms with Gasteiger partial charge in [-0.25, -0.2) is 0 Å². The van der Waals surface area contributed by atoms with Crippen LogP contribution in [0, 0.1) is 5.41 Å². The van der Waals surface area contributed by atoms with Crippen molar-refractivity contribution in [2.75, 3.05) is 33.7 Å². The van der Waals surface area contributed by atoms with Crippen LogP contribution in [0.3, 0.4) is 0 Å². The number of halogens is 2. The van der Waals surface area contributed by atoms with Crippen molar-refractivity contribution in [2.24, 2.45) is 10.4 Å². The largest absolute Gasteiger partial charge is 0.387 e. The van der Waals surface area contributed by atoms with E-state index in [1.54, 1.807) is 37.2 Å². The van der Waals surface area contributed by atoms with Gasteiger partial charge in [-0.15, -0.1) is 0 Å². The lowest BCUT2D eigenvalue weighted by Crippen LogP contribution is -2.43. The van der Waals surface area contributed by atoms with Gasteiger partial charge in [-0.2, -0.15) is 0 Å². The molecule has 1 aliphatic rings. The SMILES string of the molecule is CCNC(=NCC1(C(=O)N(C)C)CCCC1)NCC(O)c1cc(Cl)cc(Cl)c1. The Bertz CT molecular complexity index is 683. The highest BCUT2D eigenvalue weighted by Gasteiger charge is 2.42. The molecule has 1 amide bonds. The third kappa shape index (κ3) is 6.00. The maximum absolute atomic E-state index is 12.7. The molecule has 0 aromatic heterocycles. The Morgan fingerprint density at radius 2 is 1.82 bits per heavy atom. The first-order chi connectivity index (χ1) is 13.3. The maximum Gasteiger partial charge on any atom is 0.230 e. The zero-order valence-corrected chi connectivity index (χ0v) is 18.3. The quantitative estimate of drug-likeness (QED) is 0.460. The molecule has 1 fully saturated rings. The van der Waals surface area contributed by atoms with E-state index in [1.807, 2.05) is 6.92 Å². The van der Waals surface area contributed by atoms with Crippen LogP contribution in [0.4, 0.5) is 0 Å². The van der Waals surface area contributed by atoms with Gasteiger partial charge in [0.1, 0.15) is 0 Å². The van der Waals surface area contributed by atoms with Gasteiger partial charge in [-0.1, -0.05) is 36.0 Å². The van der Waals surface area contributed by atoms with Crippen LogP contribution in [0.2, 0.25) is 10.0 Å². The summed E-state index contributed by atoms with van der Waals surface area (Å²) in [6.07, 6.45) is 3.03. The molecule has 1 unspecified atom stereocenters. The number of aliphatic imine (C=N–C) groups is 1. The molecule has 0 heterocycles. The lowest BCUT2D eigenvalue weighted by atomic mass is 9.85. The van der Waals surface area contributed by atoms with E-state index in [4.69, 9.17) is 23.2 Å². The summed E-state index contributed by atoms with van der Waals surface area (Å²) in [5, 5.41) is 17.7. The van der Waals surface area contributed by atoms with Crippen molar-refractivity contribution in [2.45, 2.75) is 38.7 Å². The number of rotatable bonds is 7. The van der Waals surface area contributed by atoms with Crippen molar-refractivity contribution in [1.82, 2.24) is 15.5 Å². The Hall–Kier alpha value is -1.50. The van der Waals surface area contributed by atoms with Crippen LogP contribution in [-0.4, -0.2) is 55.6 Å². The summed E-state index contributed by atoms with van der Waals surface area (Å²) < 4.78 is 0. The van der Waals surface area contributed by atoms with Crippen molar-refractivity contribution in [3.8, 4) is 0 Å². The fourth-order valence-electron chi connectivity index (χ4n) is 3.62. The highest BCUT2D eigenvalue weighted by atomic mass is 35.5. The molecule has 0 radical (unpaired) electrons. The number of benzene rings is 1. The minimum atomic E-state index is -0.788. The van der Waals surface area contributed by atoms with Crippen LogP contribution in [-0.2, 0) is 4.79 Å². The van der Waals surface area contributed by atoms with E-state index in [1.165, 1.54) is 0 Å². The predicted molar refractivity (Wildman–Crippen MR) is 115 cm³/mol. The lowest BCUT2D eigenvalue weighted by molar-refractivity contribution is -0.138. The second-order valence-corrected chi connectivity index (χ2v) is 8.35. The summed E-state index contributed by atoms with van der Waals surface area (Å²) in [6.45, 7) is 3.33. The summed E-state index contributed by atoms with van der Waals surface area (Å²) in [5.41, 5.74) is 0.209. The molecule has 1 aliphatic carbocycles. The number of amides is 1. The Labute approximate surface area is 177 Å². The molecule has 1 saturated carbocycles. The fourth-order valence-corrected chi connectivity index (χ4v) is 4.16. The third-order valence-corrected chi connectivity index (χ3v) is 5.47. The number of aliphatic hydroxyl groups is 1. The number of nitrogens with one attached hydrogen (secondary N) is 2. The van der Waals surface area contributed by atoms with Gasteiger partial charge in [0.05, 0.1) is 18.1 Å². The van der Waals surface area contributed by atoms with Crippen molar-refractivity contribution in [1.29, 1.82) is 0 Å². The molecule has 156 valence electrons. The summed E-state index contributed by atoms with van der Waals surface area (Å²) in [6, 6.07) is 5.00. The number of carbonyl (C=O) groups excluding carboxylic acids is 1. The van der Waals surface area contributed by atoms with Crippen LogP contribution >= 0.6 is 23.2 Å². The average Bonchev–Trinajstić information content (AvgIpc) is 3.12. The Morgan fingerprint density at radius 1 is 1.21 bits per heavy atom. The Morgan fingerprint density at radius 3 is 2.36 bits per heavy atom. The van der Waals surface area contributed by atoms with Gasteiger partial charge in [0, 0.05) is 37.2 Å². The van der Waals surface area contributed by atoms with Crippen molar-refractivity contribution in [3.63, 3.8) is 0 Å². The summed E-state index contributed by atoms with van der Waals surface area (Å²) in [7, 11) is 3.59. The normalized spacial score (nSPS) is 17.3. The zero-order chi connectivity index (χ0) is 20.7. The topological polar surface area (TPSA) is 77.0 Å². The molecule has 8 heteroatoms. The van der Waals surface area contributed by atoms with Gasteiger partial charge in [0.2, 0.25) is 5.91 Å². The first-order valence-electron chi connectivity index (χ1n) is 9.65. The molecule has 6 nitrogen and oxygen atoms in total. The van der Waals surface area contributed by atoms with E-state index in [0.29, 0.717) is 34.7 Å². The molecular formula is C20H30Cl2N4O2. The molecule has 0 saturated heterocycles. The Kier molecular flexibility index (Phi) is 8.40. The van der Waals surface area contributed by atoms with E-state index in [9.17, 15) is 9.90 Å². The molecule has 2 rings (SSSR count). The van der Waals surface area contributed by atoms with Crippen LogP contribution < -0.4 is 10.6 Å². The Balaban J connectivity index is 2.06. The number of guanidine groups is 1. The fraction of sp³-hybridized carbons (Fsp3) is 0.600. The van der Waals surface area contributed by atoms with E-state index < -0.39 is 11.5 Å². The molecule has 28 heavy (non-hydrogen) atoms. The molecular weight excluding hydrogens is 399 g/mol. The van der Waals surface area contributed by atoms with E-state index >= 15 is 0 Å². The maximum atomic E-state index is 12.7. The number of nitrogens with zero attached hydrogens (tertiary/aromatic N) is 2. The molecule has 0 bridgehead atoms. The third-order valence-electron chi connectivity index (χ3n) is 5.04. The van der Waals surface area contributed by atoms with Gasteiger partial charge < -0.3 is 20.6 Å². The highest BCUT2D eigenvalue weighted by molar-refractivity contribution is 6.34. The van der Waals surface area contributed by atoms with Crippen LogP contribution in [0.15, 0.2) is 23.2 Å². The standard InChI is InChI=1S/C20H30Cl2N4O2/c1-4-23-19(24-12-17(27)14-9-15(21)11-16(22)10-14)25-13-20(7-5-6-8-20)18(28)26(2)3/h9-11,17,27H,4-8,12-13H2,1-3H3,(H2,23,24,25). The minimum Gasteiger partial charge on any atom is -0.387 e. The summed E-state index contributed by atoms with van der Waals surface area (Å²) in [4.78, 5) is 19.0. The first-order valence-corrected chi connectivity index (χ1v) is 10.4. The molecule has 1 atom stereocenters. The van der Waals surface area contributed by atoms with Gasteiger partial charge in [0.15, 0.2) is 5.96 Å². The number of hydrogen-bond donors (Lipinski definition) is 3. The molecule has 0 spiro atoms. The van der Waals surface area contributed by atoms with Crippen molar-refractivity contribution in [3.05, 3.63) is 33.8 Å². The van der Waals surface area contributed by atoms with Gasteiger partial charge >= 0.3 is 0 Å². The lowest BCUT2D eigenvalue weighted by Gasteiger charge is -2.29. The zero-order valence-electron chi connectivity index (χ0n) is 16.8. The number of hydrogen-bond acceptors (Lipinski definition) is 3. The van der Waals surface area contributed by atoms with Crippen LogP contribution in [0.5, 0.6) is 0 Å². The predicted octanol–water partition coefficient (Wildman–Crippen LogP) is 3.23. The summed E-state index contributed by atoms with van der Waals surface area (Å²) >= 11 is 12.0. The second-order valence-electron chi connectivity index (χ2n) is 7.48. The first kappa shape index (κ1) is 22.8. The monoisotopic (exact) mass is 428 g/mol. The number of carbonyl (C=O) groups is 1. The van der Waals surface area contributed by atoms with E-state index in [0.717, 1.165) is 25.7 Å². The average molecular weight is 429 g/mol. The minimum absolute atomic E-state index is 0.137. The summed E-state index contributed by atoms with van der Waals surface area (Å²) in [5.74, 6) is 0.714. The van der Waals surface area contributed by atoms with Crippen molar-refractivity contribution >= 4 is 35.1 Å². The molecule has 3 N–H and O–H groups in total. The number of aliphatic hydroxyl groups excluding tert-OH is 1. The van der Waals surface area contributed by atoms with E-state index in [-0.39, 0.29) is 12.5 Å². The molecule has 1 aromatic rings. The van der Waals surface area contributed by atoms with Gasteiger partial charge in [-0.05, 0) is 43.5 Å². The molecule has 0 aliphatic heterocycles.